The van der Waals surface area contributed by atoms with Crippen LogP contribution in [0.4, 0.5) is 4.79 Å². The molecule has 0 aromatic rings. The van der Waals surface area contributed by atoms with Gasteiger partial charge in [0.15, 0.2) is 0 Å². The molecule has 0 aliphatic rings. The van der Waals surface area contributed by atoms with Crippen LogP contribution in [0.15, 0.2) is 0 Å². The maximum Gasteiger partial charge on any atom is 0.508 e. The van der Waals surface area contributed by atoms with E-state index < -0.39 is 9.95 Å². The predicted octanol–water partition coefficient (Wildman–Crippen LogP) is 6.43. The second kappa shape index (κ2) is 13.8. The summed E-state index contributed by atoms with van der Waals surface area (Å²) in [4.78, 5) is 11.1. The molecule has 0 aliphatic heterocycles. The lowest BCUT2D eigenvalue weighted by atomic mass is 10.1. The standard InChI is InChI=1S/C15H27Cl3O3/c1-2-3-4-5-6-7-8-9-10-11-12-20-14(19)21-13-15(16,17)18/h2-13H2,1H3. The Hall–Kier alpha value is 0.140. The average molecular weight is 362 g/mol. The molecule has 0 bridgehead atoms. The monoisotopic (exact) mass is 360 g/mol. The van der Waals surface area contributed by atoms with Crippen molar-refractivity contribution in [3.8, 4) is 0 Å². The van der Waals surface area contributed by atoms with Gasteiger partial charge in [-0.15, -0.1) is 0 Å². The van der Waals surface area contributed by atoms with Crippen molar-refractivity contribution in [3.63, 3.8) is 0 Å². The first-order chi connectivity index (χ1) is 9.95. The van der Waals surface area contributed by atoms with Gasteiger partial charge >= 0.3 is 6.16 Å². The second-order valence-corrected chi connectivity index (χ2v) is 7.70. The second-order valence-electron chi connectivity index (χ2n) is 5.18. The highest BCUT2D eigenvalue weighted by molar-refractivity contribution is 6.67. The molecule has 126 valence electrons. The average Bonchev–Trinajstić information content (AvgIpc) is 2.42. The minimum atomic E-state index is -1.59. The Morgan fingerprint density at radius 2 is 1.29 bits per heavy atom. The molecule has 0 aliphatic carbocycles. The molecule has 6 heteroatoms. The minimum Gasteiger partial charge on any atom is -0.434 e. The Morgan fingerprint density at radius 1 is 0.810 bits per heavy atom. The molecule has 0 amide bonds. The molecule has 0 saturated heterocycles. The first-order valence-electron chi connectivity index (χ1n) is 7.82. The molecule has 0 aromatic carbocycles. The maximum atomic E-state index is 11.1. The number of carbonyl (C=O) groups is 1. The van der Waals surface area contributed by atoms with Crippen molar-refractivity contribution in [2.45, 2.75) is 74.9 Å². The van der Waals surface area contributed by atoms with Gasteiger partial charge in [0.2, 0.25) is 3.79 Å². The van der Waals surface area contributed by atoms with Crippen molar-refractivity contribution in [2.75, 3.05) is 13.2 Å². The Kier molecular flexibility index (Phi) is 13.9. The Morgan fingerprint density at radius 3 is 1.76 bits per heavy atom. The number of rotatable bonds is 12. The van der Waals surface area contributed by atoms with Crippen molar-refractivity contribution in [3.05, 3.63) is 0 Å². The van der Waals surface area contributed by atoms with Crippen molar-refractivity contribution >= 4 is 41.0 Å². The van der Waals surface area contributed by atoms with E-state index in [1.807, 2.05) is 0 Å². The Bertz CT molecular complexity index is 255. The molecule has 0 heterocycles. The van der Waals surface area contributed by atoms with Gasteiger partial charge in [0, 0.05) is 0 Å². The first-order valence-corrected chi connectivity index (χ1v) is 8.95. The SMILES string of the molecule is CCCCCCCCCCCCOC(=O)OCC(Cl)(Cl)Cl. The van der Waals surface area contributed by atoms with Crippen LogP contribution in [-0.2, 0) is 9.47 Å². The third-order valence-corrected chi connectivity index (χ3v) is 3.40. The van der Waals surface area contributed by atoms with Gasteiger partial charge in [-0.3, -0.25) is 0 Å². The molecule has 0 rings (SSSR count). The molecule has 3 nitrogen and oxygen atoms in total. The summed E-state index contributed by atoms with van der Waals surface area (Å²) in [6.07, 6.45) is 11.6. The third kappa shape index (κ3) is 18.1. The summed E-state index contributed by atoms with van der Waals surface area (Å²) in [5.41, 5.74) is 0. The molecule has 0 saturated carbocycles. The zero-order chi connectivity index (χ0) is 16.0. The lowest BCUT2D eigenvalue weighted by Crippen LogP contribution is -2.18. The van der Waals surface area contributed by atoms with Crippen molar-refractivity contribution in [1.29, 1.82) is 0 Å². The lowest BCUT2D eigenvalue weighted by Gasteiger charge is -2.11. The van der Waals surface area contributed by atoms with Crippen LogP contribution in [0.1, 0.15) is 71.1 Å². The van der Waals surface area contributed by atoms with Crippen LogP contribution in [0.25, 0.3) is 0 Å². The number of alkyl halides is 3. The number of unbranched alkanes of at least 4 members (excludes halogenated alkanes) is 9. The summed E-state index contributed by atoms with van der Waals surface area (Å²) >= 11 is 16.3. The zero-order valence-electron chi connectivity index (χ0n) is 12.8. The van der Waals surface area contributed by atoms with Crippen molar-refractivity contribution < 1.29 is 14.3 Å². The summed E-state index contributed by atoms with van der Waals surface area (Å²) in [6, 6.07) is 0. The molecular formula is C15H27Cl3O3. The van der Waals surface area contributed by atoms with Crippen LogP contribution < -0.4 is 0 Å². The van der Waals surface area contributed by atoms with Gasteiger partial charge in [-0.2, -0.15) is 0 Å². The molecule has 0 fully saturated rings. The molecule has 0 aromatic heterocycles. The largest absolute Gasteiger partial charge is 0.508 e. The fraction of sp³-hybridized carbons (Fsp3) is 0.933. The summed E-state index contributed by atoms with van der Waals surface area (Å²) in [7, 11) is 0. The third-order valence-electron chi connectivity index (χ3n) is 3.07. The molecule has 21 heavy (non-hydrogen) atoms. The molecule has 0 atom stereocenters. The lowest BCUT2D eigenvalue weighted by molar-refractivity contribution is 0.0554. The van der Waals surface area contributed by atoms with Crippen LogP contribution in [-0.4, -0.2) is 23.2 Å². The Labute approximate surface area is 143 Å². The van der Waals surface area contributed by atoms with Crippen LogP contribution in [0.2, 0.25) is 0 Å². The topological polar surface area (TPSA) is 35.5 Å². The van der Waals surface area contributed by atoms with Gasteiger partial charge in [0.05, 0.1) is 6.61 Å². The van der Waals surface area contributed by atoms with Gasteiger partial charge in [-0.25, -0.2) is 4.79 Å². The summed E-state index contributed by atoms with van der Waals surface area (Å²) < 4.78 is 7.93. The summed E-state index contributed by atoms with van der Waals surface area (Å²) in [6.45, 7) is 2.29. The smallest absolute Gasteiger partial charge is 0.434 e. The number of hydrogen-bond donors (Lipinski definition) is 0. The van der Waals surface area contributed by atoms with E-state index in [1.54, 1.807) is 0 Å². The van der Waals surface area contributed by atoms with Crippen LogP contribution >= 0.6 is 34.8 Å². The van der Waals surface area contributed by atoms with Gasteiger partial charge in [0.25, 0.3) is 0 Å². The Balaban J connectivity index is 3.20. The van der Waals surface area contributed by atoms with E-state index in [-0.39, 0.29) is 6.61 Å². The van der Waals surface area contributed by atoms with Gasteiger partial charge in [-0.05, 0) is 6.42 Å². The quantitative estimate of drug-likeness (QED) is 0.228. The van der Waals surface area contributed by atoms with E-state index in [0.717, 1.165) is 12.8 Å². The van der Waals surface area contributed by atoms with E-state index in [4.69, 9.17) is 39.5 Å². The van der Waals surface area contributed by atoms with E-state index in [0.29, 0.717) is 6.61 Å². The molecule has 0 radical (unpaired) electrons. The van der Waals surface area contributed by atoms with Crippen molar-refractivity contribution in [1.82, 2.24) is 0 Å². The van der Waals surface area contributed by atoms with E-state index in [9.17, 15) is 4.79 Å². The normalized spacial score (nSPS) is 11.4. The highest BCUT2D eigenvalue weighted by Crippen LogP contribution is 2.26. The summed E-state index contributed by atoms with van der Waals surface area (Å²) in [5, 5.41) is 0. The minimum absolute atomic E-state index is 0.297. The van der Waals surface area contributed by atoms with Gasteiger partial charge < -0.3 is 9.47 Å². The summed E-state index contributed by atoms with van der Waals surface area (Å²) in [5.74, 6) is 0. The van der Waals surface area contributed by atoms with Crippen LogP contribution in [0.5, 0.6) is 0 Å². The number of carbonyl (C=O) groups excluding carboxylic acids is 1. The fourth-order valence-electron chi connectivity index (χ4n) is 1.93. The highest BCUT2D eigenvalue weighted by Gasteiger charge is 2.22. The number of ether oxygens (including phenoxy) is 2. The van der Waals surface area contributed by atoms with Gasteiger partial charge in [0.1, 0.15) is 6.61 Å². The van der Waals surface area contributed by atoms with E-state index in [1.165, 1.54) is 51.4 Å². The fourth-order valence-corrected chi connectivity index (χ4v) is 2.09. The zero-order valence-corrected chi connectivity index (χ0v) is 15.1. The highest BCUT2D eigenvalue weighted by atomic mass is 35.6. The van der Waals surface area contributed by atoms with Gasteiger partial charge in [-0.1, -0.05) is 99.5 Å². The van der Waals surface area contributed by atoms with E-state index in [2.05, 4.69) is 11.7 Å². The van der Waals surface area contributed by atoms with Crippen molar-refractivity contribution in [2.24, 2.45) is 0 Å². The predicted molar refractivity (Wildman–Crippen MR) is 89.4 cm³/mol. The number of halogens is 3. The molecular weight excluding hydrogens is 335 g/mol. The molecule has 0 spiro atoms. The van der Waals surface area contributed by atoms with E-state index >= 15 is 0 Å². The van der Waals surface area contributed by atoms with Crippen LogP contribution in [0, 0.1) is 0 Å². The van der Waals surface area contributed by atoms with Crippen LogP contribution in [0.3, 0.4) is 0 Å². The molecule has 0 N–H and O–H groups in total. The maximum absolute atomic E-state index is 11.1. The first kappa shape index (κ1) is 21.1. The molecule has 0 unspecified atom stereocenters. The number of hydrogen-bond acceptors (Lipinski definition) is 3.